The molecule has 1 aromatic heterocycles. The van der Waals surface area contributed by atoms with E-state index < -0.39 is 11.9 Å². The first-order valence-corrected chi connectivity index (χ1v) is 9.57. The molecule has 0 radical (unpaired) electrons. The zero-order valence-electron chi connectivity index (χ0n) is 15.3. The van der Waals surface area contributed by atoms with E-state index in [1.807, 2.05) is 35.7 Å². The van der Waals surface area contributed by atoms with Crippen LogP contribution in [0.1, 0.15) is 24.3 Å². The van der Waals surface area contributed by atoms with Crippen molar-refractivity contribution in [1.82, 2.24) is 4.98 Å². The number of amides is 1. The average Bonchev–Trinajstić information content (AvgIpc) is 3.16. The maximum atomic E-state index is 12.5. The number of carbonyl (C=O) groups is 2. The summed E-state index contributed by atoms with van der Waals surface area (Å²) in [6, 6.07) is 16.7. The highest BCUT2D eigenvalue weighted by Gasteiger charge is 2.18. The standard InChI is InChI=1S/C21H20N2O4S/c1-27-17-9-7-14(8-10-17)16(12-20(25)26)11-19(24)23-21-22-18(13-28-21)15-5-3-2-4-6-15/h2-10,13,16H,11-12H2,1H3,(H,25,26)(H,22,23,24)/p-1/t16-/m1/s1. The van der Waals surface area contributed by atoms with Gasteiger partial charge in [0.05, 0.1) is 12.8 Å². The zero-order chi connectivity index (χ0) is 19.9. The van der Waals surface area contributed by atoms with Crippen molar-refractivity contribution in [3.05, 3.63) is 65.5 Å². The number of carboxylic acid groups (broad SMARTS) is 1. The van der Waals surface area contributed by atoms with Crippen LogP contribution in [0.5, 0.6) is 5.75 Å². The number of carbonyl (C=O) groups excluding carboxylic acids is 2. The van der Waals surface area contributed by atoms with Gasteiger partial charge in [0.15, 0.2) is 5.13 Å². The van der Waals surface area contributed by atoms with E-state index in [1.165, 1.54) is 11.3 Å². The summed E-state index contributed by atoms with van der Waals surface area (Å²) in [5.74, 6) is -1.33. The Morgan fingerprint density at radius 3 is 2.46 bits per heavy atom. The minimum Gasteiger partial charge on any atom is -0.550 e. The molecule has 0 aliphatic carbocycles. The van der Waals surface area contributed by atoms with Gasteiger partial charge in [-0.15, -0.1) is 11.3 Å². The van der Waals surface area contributed by atoms with E-state index in [0.29, 0.717) is 10.9 Å². The van der Waals surface area contributed by atoms with Crippen molar-refractivity contribution in [1.29, 1.82) is 0 Å². The van der Waals surface area contributed by atoms with Crippen LogP contribution in [0.4, 0.5) is 5.13 Å². The van der Waals surface area contributed by atoms with Gasteiger partial charge in [-0.25, -0.2) is 4.98 Å². The molecule has 1 atom stereocenters. The molecule has 0 aliphatic rings. The van der Waals surface area contributed by atoms with Crippen LogP contribution in [0, 0.1) is 0 Å². The van der Waals surface area contributed by atoms with Crippen LogP contribution in [-0.2, 0) is 9.59 Å². The van der Waals surface area contributed by atoms with E-state index in [-0.39, 0.29) is 18.7 Å². The van der Waals surface area contributed by atoms with Gasteiger partial charge in [0.1, 0.15) is 5.75 Å². The number of carboxylic acids is 1. The van der Waals surface area contributed by atoms with Gasteiger partial charge in [-0.3, -0.25) is 4.79 Å². The van der Waals surface area contributed by atoms with E-state index in [1.54, 1.807) is 31.4 Å². The fraction of sp³-hybridized carbons (Fsp3) is 0.190. The molecule has 0 unspecified atom stereocenters. The van der Waals surface area contributed by atoms with Gasteiger partial charge in [-0.2, -0.15) is 0 Å². The molecule has 0 bridgehead atoms. The molecule has 7 heteroatoms. The second-order valence-electron chi connectivity index (χ2n) is 6.20. The molecule has 1 amide bonds. The Balaban J connectivity index is 1.68. The Hall–Kier alpha value is -3.19. The van der Waals surface area contributed by atoms with Gasteiger partial charge in [0.2, 0.25) is 5.91 Å². The molecular formula is C21H19N2O4S-. The summed E-state index contributed by atoms with van der Waals surface area (Å²) >= 11 is 1.33. The molecule has 2 aromatic carbocycles. The SMILES string of the molecule is COc1ccc([C@@H](CC(=O)[O-])CC(=O)Nc2nc(-c3ccccc3)cs2)cc1. The molecule has 1 heterocycles. The lowest BCUT2D eigenvalue weighted by atomic mass is 9.92. The molecule has 0 saturated heterocycles. The van der Waals surface area contributed by atoms with Gasteiger partial charge < -0.3 is 20.0 Å². The molecule has 144 valence electrons. The summed E-state index contributed by atoms with van der Waals surface area (Å²) in [6.45, 7) is 0. The zero-order valence-corrected chi connectivity index (χ0v) is 16.1. The maximum Gasteiger partial charge on any atom is 0.226 e. The minimum absolute atomic E-state index is 0.0144. The summed E-state index contributed by atoms with van der Waals surface area (Å²) in [5.41, 5.74) is 2.49. The number of hydrogen-bond acceptors (Lipinski definition) is 6. The van der Waals surface area contributed by atoms with E-state index >= 15 is 0 Å². The Morgan fingerprint density at radius 2 is 1.82 bits per heavy atom. The van der Waals surface area contributed by atoms with Crippen molar-refractivity contribution in [2.24, 2.45) is 0 Å². The predicted octanol–water partition coefficient (Wildman–Crippen LogP) is 3.07. The molecule has 0 fully saturated rings. The smallest absolute Gasteiger partial charge is 0.226 e. The number of aromatic nitrogens is 1. The van der Waals surface area contributed by atoms with Crippen molar-refractivity contribution in [2.75, 3.05) is 12.4 Å². The summed E-state index contributed by atoms with van der Waals surface area (Å²) < 4.78 is 5.11. The molecule has 1 N–H and O–H groups in total. The van der Waals surface area contributed by atoms with E-state index in [0.717, 1.165) is 16.8 Å². The Morgan fingerprint density at radius 1 is 1.11 bits per heavy atom. The lowest BCUT2D eigenvalue weighted by Gasteiger charge is -2.17. The number of ether oxygens (including phenoxy) is 1. The normalized spacial score (nSPS) is 11.6. The summed E-state index contributed by atoms with van der Waals surface area (Å²) in [5, 5.41) is 16.2. The number of benzene rings is 2. The molecule has 0 spiro atoms. The van der Waals surface area contributed by atoms with Crippen LogP contribution < -0.4 is 15.2 Å². The lowest BCUT2D eigenvalue weighted by molar-refractivity contribution is -0.306. The van der Waals surface area contributed by atoms with Gasteiger partial charge in [-0.05, 0) is 30.0 Å². The average molecular weight is 395 g/mol. The molecule has 3 aromatic rings. The van der Waals surface area contributed by atoms with Crippen LogP contribution in [-0.4, -0.2) is 24.0 Å². The van der Waals surface area contributed by atoms with Crippen molar-refractivity contribution >= 4 is 28.3 Å². The maximum absolute atomic E-state index is 12.5. The largest absolute Gasteiger partial charge is 0.550 e. The van der Waals surface area contributed by atoms with E-state index in [9.17, 15) is 14.7 Å². The summed E-state index contributed by atoms with van der Waals surface area (Å²) in [4.78, 5) is 28.0. The number of hydrogen-bond donors (Lipinski definition) is 1. The monoisotopic (exact) mass is 395 g/mol. The Bertz CT molecular complexity index is 939. The number of methoxy groups -OCH3 is 1. The van der Waals surface area contributed by atoms with Crippen LogP contribution in [0.25, 0.3) is 11.3 Å². The highest BCUT2D eigenvalue weighted by molar-refractivity contribution is 7.14. The first-order valence-electron chi connectivity index (χ1n) is 8.69. The molecule has 3 rings (SSSR count). The van der Waals surface area contributed by atoms with Crippen LogP contribution in [0.2, 0.25) is 0 Å². The minimum atomic E-state index is -1.20. The predicted molar refractivity (Wildman–Crippen MR) is 106 cm³/mol. The van der Waals surface area contributed by atoms with Crippen molar-refractivity contribution in [3.8, 4) is 17.0 Å². The second-order valence-corrected chi connectivity index (χ2v) is 7.06. The van der Waals surface area contributed by atoms with Crippen molar-refractivity contribution in [2.45, 2.75) is 18.8 Å². The quantitative estimate of drug-likeness (QED) is 0.633. The fourth-order valence-electron chi connectivity index (χ4n) is 2.85. The van der Waals surface area contributed by atoms with Gasteiger partial charge in [-0.1, -0.05) is 42.5 Å². The van der Waals surface area contributed by atoms with Crippen LogP contribution in [0.3, 0.4) is 0 Å². The summed E-state index contributed by atoms with van der Waals surface area (Å²) in [7, 11) is 1.55. The van der Waals surface area contributed by atoms with Crippen LogP contribution >= 0.6 is 11.3 Å². The number of anilines is 1. The highest BCUT2D eigenvalue weighted by atomic mass is 32.1. The second kappa shape index (κ2) is 9.14. The Labute approximate surface area is 166 Å². The number of aliphatic carboxylic acids is 1. The number of nitrogens with zero attached hydrogens (tertiary/aromatic N) is 1. The van der Waals surface area contributed by atoms with E-state index in [4.69, 9.17) is 4.74 Å². The van der Waals surface area contributed by atoms with Crippen LogP contribution in [0.15, 0.2) is 60.0 Å². The third kappa shape index (κ3) is 5.17. The topological polar surface area (TPSA) is 91.4 Å². The third-order valence-corrected chi connectivity index (χ3v) is 5.01. The van der Waals surface area contributed by atoms with Crippen molar-refractivity contribution < 1.29 is 19.4 Å². The number of thiazole rings is 1. The number of rotatable bonds is 8. The van der Waals surface area contributed by atoms with E-state index in [2.05, 4.69) is 10.3 Å². The van der Waals surface area contributed by atoms with Gasteiger partial charge in [0.25, 0.3) is 0 Å². The molecule has 0 saturated carbocycles. The molecule has 6 nitrogen and oxygen atoms in total. The fourth-order valence-corrected chi connectivity index (χ4v) is 3.59. The van der Waals surface area contributed by atoms with Crippen molar-refractivity contribution in [3.63, 3.8) is 0 Å². The summed E-state index contributed by atoms with van der Waals surface area (Å²) in [6.07, 6.45) is -0.229. The van der Waals surface area contributed by atoms with Gasteiger partial charge >= 0.3 is 0 Å². The molecule has 0 aliphatic heterocycles. The van der Waals surface area contributed by atoms with Gasteiger partial charge in [0, 0.05) is 23.3 Å². The lowest BCUT2D eigenvalue weighted by Crippen LogP contribution is -2.26. The third-order valence-electron chi connectivity index (χ3n) is 4.25. The Kier molecular flexibility index (Phi) is 6.39. The first kappa shape index (κ1) is 19.6. The molecular weight excluding hydrogens is 376 g/mol. The number of nitrogens with one attached hydrogen (secondary N) is 1. The molecule has 28 heavy (non-hydrogen) atoms. The first-order chi connectivity index (χ1) is 13.5. The highest BCUT2D eigenvalue weighted by Crippen LogP contribution is 2.28.